The van der Waals surface area contributed by atoms with Crippen molar-refractivity contribution in [2.24, 2.45) is 0 Å². The molecule has 0 aliphatic carbocycles. The third-order valence-electron chi connectivity index (χ3n) is 5.98. The van der Waals surface area contributed by atoms with Crippen LogP contribution in [0.1, 0.15) is 34.6 Å². The van der Waals surface area contributed by atoms with Gasteiger partial charge in [-0.3, -0.25) is 24.0 Å². The van der Waals surface area contributed by atoms with E-state index in [9.17, 15) is 24.0 Å². The molecule has 15 nitrogen and oxygen atoms in total. The Morgan fingerprint density at radius 3 is 1.45 bits per heavy atom. The van der Waals surface area contributed by atoms with Gasteiger partial charge in [0.05, 0.1) is 6.61 Å². The molecule has 0 radical (unpaired) electrons. The summed E-state index contributed by atoms with van der Waals surface area (Å²) in [5, 5.41) is 0. The van der Waals surface area contributed by atoms with Gasteiger partial charge in [-0.05, 0) is 0 Å². The van der Waals surface area contributed by atoms with E-state index in [1.165, 1.54) is 26.8 Å². The molecular weight excluding hydrogens is 540 g/mol. The lowest BCUT2D eigenvalue weighted by molar-refractivity contribution is -0.410. The minimum Gasteiger partial charge on any atom is -0.463 e. The Labute approximate surface area is 230 Å². The summed E-state index contributed by atoms with van der Waals surface area (Å²) >= 11 is 0. The summed E-state index contributed by atoms with van der Waals surface area (Å²) < 4.78 is 57.4. The maximum absolute atomic E-state index is 12.2. The molecule has 0 spiro atoms. The van der Waals surface area contributed by atoms with Crippen molar-refractivity contribution in [2.75, 3.05) is 19.8 Å². The second-order valence-corrected chi connectivity index (χ2v) is 9.20. The van der Waals surface area contributed by atoms with Crippen molar-refractivity contribution in [3.05, 3.63) is 12.7 Å². The van der Waals surface area contributed by atoms with Gasteiger partial charge in [-0.2, -0.15) is 0 Å². The smallest absolute Gasteiger partial charge is 0.303 e. The molecule has 6 aliphatic heterocycles. The monoisotopic (exact) mass is 574 g/mol. The standard InChI is InChI=1S/C25H34O15/c1-7-8-31-22-20(34-13(4)28)18-16(9-32-11(2)26)37-24(22)40-25-23(36-15(6)30)21(35-14(5)29)19(39-18)17(38-25)10-33-12(3)27/h7,16-25H,1,8-10H2,2-6H3/t16-,17-,18-,19-,20+,21+,22-,23-,24-,25-/m1/s1. The Kier molecular flexibility index (Phi) is 11.0. The van der Waals surface area contributed by atoms with Crippen molar-refractivity contribution in [3.63, 3.8) is 0 Å². The van der Waals surface area contributed by atoms with Crippen LogP contribution >= 0.6 is 0 Å². The number of hydrogen-bond donors (Lipinski definition) is 0. The van der Waals surface area contributed by atoms with Crippen LogP contribution in [0.2, 0.25) is 0 Å². The van der Waals surface area contributed by atoms with E-state index in [-0.39, 0.29) is 19.8 Å². The molecule has 6 fully saturated rings. The SMILES string of the molecule is C=CCO[C@H]1[C@H]2O[C@H]3O[C@H](COC(C)=O)[C@@H](O[C@@H]([C@@H]1OC(C)=O)[C@@H](COC(C)=O)O2)[C@H](OC(C)=O)[C@H]3OC(C)=O. The molecule has 6 saturated heterocycles. The van der Waals surface area contributed by atoms with E-state index in [0.717, 1.165) is 13.8 Å². The lowest BCUT2D eigenvalue weighted by atomic mass is 9.93. The first-order chi connectivity index (χ1) is 18.9. The van der Waals surface area contributed by atoms with Crippen LogP contribution < -0.4 is 0 Å². The molecule has 0 aromatic rings. The van der Waals surface area contributed by atoms with Crippen LogP contribution in [0.4, 0.5) is 0 Å². The lowest BCUT2D eigenvalue weighted by Gasteiger charge is -2.53. The van der Waals surface area contributed by atoms with Gasteiger partial charge in [0.15, 0.2) is 24.6 Å². The van der Waals surface area contributed by atoms with Crippen molar-refractivity contribution < 1.29 is 71.3 Å². The van der Waals surface area contributed by atoms with Crippen LogP contribution in [0, 0.1) is 0 Å². The van der Waals surface area contributed by atoms with E-state index in [0.29, 0.717) is 0 Å². The lowest BCUT2D eigenvalue weighted by Crippen LogP contribution is -2.71. The molecular formula is C25H34O15. The maximum Gasteiger partial charge on any atom is 0.303 e. The number of rotatable bonds is 10. The summed E-state index contributed by atoms with van der Waals surface area (Å²) in [4.78, 5) is 59.7. The van der Waals surface area contributed by atoms with Crippen LogP contribution in [0.5, 0.6) is 0 Å². The van der Waals surface area contributed by atoms with Gasteiger partial charge in [-0.15, -0.1) is 6.58 Å². The molecule has 0 aromatic carbocycles. The van der Waals surface area contributed by atoms with Crippen molar-refractivity contribution in [3.8, 4) is 0 Å². The van der Waals surface area contributed by atoms with E-state index >= 15 is 0 Å². The fourth-order valence-electron chi connectivity index (χ4n) is 4.61. The second kappa shape index (κ2) is 14.0. The zero-order chi connectivity index (χ0) is 29.6. The number of hydrogen-bond acceptors (Lipinski definition) is 15. The topological polar surface area (TPSA) is 178 Å². The molecule has 0 aromatic heterocycles. The largest absolute Gasteiger partial charge is 0.463 e. The number of carbonyl (C=O) groups excluding carboxylic acids is 5. The average molecular weight is 575 g/mol. The van der Waals surface area contributed by atoms with Crippen molar-refractivity contribution in [2.45, 2.75) is 96.0 Å². The first-order valence-corrected chi connectivity index (χ1v) is 12.5. The Bertz CT molecular complexity index is 966. The minimum absolute atomic E-state index is 0.0134. The normalized spacial score (nSPS) is 34.7. The predicted molar refractivity (Wildman–Crippen MR) is 127 cm³/mol. The van der Waals surface area contributed by atoms with E-state index in [4.69, 9.17) is 47.4 Å². The second-order valence-electron chi connectivity index (χ2n) is 9.20. The zero-order valence-corrected chi connectivity index (χ0v) is 22.8. The summed E-state index contributed by atoms with van der Waals surface area (Å²) in [5.41, 5.74) is 0. The fourth-order valence-corrected chi connectivity index (χ4v) is 4.61. The molecule has 0 amide bonds. The van der Waals surface area contributed by atoms with Gasteiger partial charge in [0, 0.05) is 34.6 Å². The molecule has 40 heavy (non-hydrogen) atoms. The van der Waals surface area contributed by atoms with E-state index in [1.54, 1.807) is 0 Å². The van der Waals surface area contributed by atoms with Gasteiger partial charge in [0.25, 0.3) is 0 Å². The molecule has 6 heterocycles. The highest BCUT2D eigenvalue weighted by atomic mass is 16.8. The molecule has 0 N–H and O–H groups in total. The maximum atomic E-state index is 12.2. The molecule has 224 valence electrons. The van der Waals surface area contributed by atoms with Gasteiger partial charge in [-0.1, -0.05) is 6.08 Å². The predicted octanol–water partition coefficient (Wildman–Crippen LogP) is -0.287. The van der Waals surface area contributed by atoms with Crippen molar-refractivity contribution >= 4 is 29.8 Å². The Morgan fingerprint density at radius 1 is 0.600 bits per heavy atom. The third kappa shape index (κ3) is 7.97. The fraction of sp³-hybridized carbons (Fsp3) is 0.720. The van der Waals surface area contributed by atoms with Gasteiger partial charge in [-0.25, -0.2) is 0 Å². The summed E-state index contributed by atoms with van der Waals surface area (Å²) in [6, 6.07) is 0. The van der Waals surface area contributed by atoms with Crippen LogP contribution in [0.25, 0.3) is 0 Å². The van der Waals surface area contributed by atoms with E-state index < -0.39 is 91.3 Å². The number of ether oxygens (including phenoxy) is 10. The van der Waals surface area contributed by atoms with Crippen molar-refractivity contribution in [1.82, 2.24) is 0 Å². The van der Waals surface area contributed by atoms with E-state index in [2.05, 4.69) is 6.58 Å². The van der Waals surface area contributed by atoms with Crippen LogP contribution in [0.3, 0.4) is 0 Å². The molecule has 15 heteroatoms. The highest BCUT2D eigenvalue weighted by Gasteiger charge is 2.60. The Balaban J connectivity index is 2.15. The summed E-state index contributed by atoms with van der Waals surface area (Å²) in [7, 11) is 0. The Morgan fingerprint density at radius 2 is 1.02 bits per heavy atom. The number of carbonyl (C=O) groups is 5. The molecule has 6 rings (SSSR count). The molecule has 10 atom stereocenters. The first kappa shape index (κ1) is 31.4. The molecule has 4 bridgehead atoms. The highest BCUT2D eigenvalue weighted by molar-refractivity contribution is 5.68. The van der Waals surface area contributed by atoms with Gasteiger partial charge < -0.3 is 47.4 Å². The highest BCUT2D eigenvalue weighted by Crippen LogP contribution is 2.39. The van der Waals surface area contributed by atoms with Crippen LogP contribution in [-0.4, -0.2) is 111 Å². The molecule has 0 unspecified atom stereocenters. The summed E-state index contributed by atoms with van der Waals surface area (Å²) in [5.74, 6) is -3.44. The summed E-state index contributed by atoms with van der Waals surface area (Å²) in [6.07, 6.45) is -11.2. The van der Waals surface area contributed by atoms with Crippen LogP contribution in [-0.2, 0) is 71.3 Å². The Hall–Kier alpha value is -3.11. The first-order valence-electron chi connectivity index (χ1n) is 12.5. The molecule has 0 saturated carbocycles. The average Bonchev–Trinajstić information content (AvgIpc) is 2.85. The quantitative estimate of drug-likeness (QED) is 0.189. The minimum atomic E-state index is -1.48. The zero-order valence-electron chi connectivity index (χ0n) is 22.8. The van der Waals surface area contributed by atoms with Crippen LogP contribution in [0.15, 0.2) is 12.7 Å². The van der Waals surface area contributed by atoms with Gasteiger partial charge in [0.1, 0.15) is 43.7 Å². The van der Waals surface area contributed by atoms with Crippen molar-refractivity contribution in [1.29, 1.82) is 0 Å². The number of esters is 5. The summed E-state index contributed by atoms with van der Waals surface area (Å²) in [6.45, 7) is 8.73. The van der Waals surface area contributed by atoms with Gasteiger partial charge >= 0.3 is 29.8 Å². The van der Waals surface area contributed by atoms with Gasteiger partial charge in [0.2, 0.25) is 6.29 Å². The molecule has 6 aliphatic rings. The third-order valence-corrected chi connectivity index (χ3v) is 5.98. The van der Waals surface area contributed by atoms with E-state index in [1.807, 2.05) is 0 Å².